The van der Waals surface area contributed by atoms with Gasteiger partial charge in [-0.3, -0.25) is 4.90 Å². The molecule has 8 heteroatoms. The number of guanidine groups is 1. The number of rotatable bonds is 6. The Labute approximate surface area is 157 Å². The van der Waals surface area contributed by atoms with Crippen molar-refractivity contribution in [1.82, 2.24) is 15.5 Å². The van der Waals surface area contributed by atoms with Crippen molar-refractivity contribution in [2.24, 2.45) is 16.0 Å². The van der Waals surface area contributed by atoms with Crippen LogP contribution in [0.3, 0.4) is 0 Å². The van der Waals surface area contributed by atoms with Crippen LogP contribution in [0.5, 0.6) is 0 Å². The number of sulfonamides is 1. The Balaban J connectivity index is 2.02. The molecule has 0 aromatic heterocycles. The van der Waals surface area contributed by atoms with E-state index in [-0.39, 0.29) is 4.90 Å². The Morgan fingerprint density at radius 3 is 2.46 bits per heavy atom. The molecule has 1 aliphatic rings. The van der Waals surface area contributed by atoms with Gasteiger partial charge in [-0.2, -0.15) is 0 Å². The van der Waals surface area contributed by atoms with Crippen molar-refractivity contribution in [3.8, 4) is 0 Å². The normalized spacial score (nSPS) is 22.0. The zero-order valence-corrected chi connectivity index (χ0v) is 16.9. The highest BCUT2D eigenvalue weighted by atomic mass is 32.2. The lowest BCUT2D eigenvalue weighted by molar-refractivity contribution is 0.265. The third-order valence-electron chi connectivity index (χ3n) is 4.71. The number of aliphatic imine (C=N–C) groups is 1. The molecule has 1 aromatic carbocycles. The molecule has 1 saturated heterocycles. The topological polar surface area (TPSA) is 99.8 Å². The fourth-order valence-corrected chi connectivity index (χ4v) is 3.58. The van der Waals surface area contributed by atoms with E-state index in [1.165, 1.54) is 12.1 Å². The summed E-state index contributed by atoms with van der Waals surface area (Å²) >= 11 is 0. The van der Waals surface area contributed by atoms with Crippen LogP contribution in [0.4, 0.5) is 0 Å². The van der Waals surface area contributed by atoms with Crippen LogP contribution in [0.2, 0.25) is 0 Å². The summed E-state index contributed by atoms with van der Waals surface area (Å²) in [7, 11) is -3.66. The zero-order valence-electron chi connectivity index (χ0n) is 16.1. The average molecular weight is 382 g/mol. The number of nitrogens with zero attached hydrogens (tertiary/aromatic N) is 2. The molecule has 146 valence electrons. The van der Waals surface area contributed by atoms with Crippen LogP contribution < -0.4 is 15.8 Å². The molecule has 0 aliphatic carbocycles. The SMILES string of the molecule is CCNC(=NCc1ccc(S(N)(=O)=O)cc1)NC1CN(C(C)C)CC1C. The number of nitrogens with one attached hydrogen (secondary N) is 2. The fourth-order valence-electron chi connectivity index (χ4n) is 3.06. The standard InChI is InChI=1S/C18H31N5O2S/c1-5-20-18(22-17-12-23(13(2)3)11-14(17)4)21-10-15-6-8-16(9-7-15)26(19,24)25/h6-9,13-14,17H,5,10-12H2,1-4H3,(H2,19,24,25)(H2,20,21,22). The number of primary sulfonamides is 1. The maximum Gasteiger partial charge on any atom is 0.238 e. The minimum atomic E-state index is -3.66. The predicted molar refractivity (Wildman–Crippen MR) is 105 cm³/mol. The van der Waals surface area contributed by atoms with E-state index < -0.39 is 10.0 Å². The summed E-state index contributed by atoms with van der Waals surface area (Å²) in [4.78, 5) is 7.22. The van der Waals surface area contributed by atoms with E-state index in [2.05, 4.69) is 41.3 Å². The van der Waals surface area contributed by atoms with Crippen LogP contribution in [-0.2, 0) is 16.6 Å². The molecular formula is C18H31N5O2S. The Hall–Kier alpha value is -1.64. The molecule has 1 aromatic rings. The van der Waals surface area contributed by atoms with Crippen molar-refractivity contribution in [3.05, 3.63) is 29.8 Å². The number of benzene rings is 1. The largest absolute Gasteiger partial charge is 0.357 e. The second-order valence-electron chi connectivity index (χ2n) is 7.16. The summed E-state index contributed by atoms with van der Waals surface area (Å²) in [6, 6.07) is 7.41. The summed E-state index contributed by atoms with van der Waals surface area (Å²) in [5, 5.41) is 11.9. The molecule has 1 heterocycles. The second kappa shape index (κ2) is 8.83. The molecule has 0 saturated carbocycles. The highest BCUT2D eigenvalue weighted by Crippen LogP contribution is 2.18. The minimum Gasteiger partial charge on any atom is -0.357 e. The quantitative estimate of drug-likeness (QED) is 0.506. The van der Waals surface area contributed by atoms with Gasteiger partial charge in [-0.05, 0) is 44.4 Å². The average Bonchev–Trinajstić information content (AvgIpc) is 2.93. The summed E-state index contributed by atoms with van der Waals surface area (Å²) in [5.74, 6) is 1.33. The van der Waals surface area contributed by atoms with Gasteiger partial charge in [0, 0.05) is 31.7 Å². The van der Waals surface area contributed by atoms with Gasteiger partial charge < -0.3 is 10.6 Å². The first kappa shape index (κ1) is 20.7. The van der Waals surface area contributed by atoms with E-state index in [9.17, 15) is 8.42 Å². The van der Waals surface area contributed by atoms with Gasteiger partial charge in [0.2, 0.25) is 10.0 Å². The smallest absolute Gasteiger partial charge is 0.238 e. The number of likely N-dealkylation sites (tertiary alicyclic amines) is 1. The first-order chi connectivity index (χ1) is 12.2. The maximum atomic E-state index is 11.3. The van der Waals surface area contributed by atoms with Crippen molar-refractivity contribution in [1.29, 1.82) is 0 Å². The lowest BCUT2D eigenvalue weighted by Gasteiger charge is -2.22. The fraction of sp³-hybridized carbons (Fsp3) is 0.611. The van der Waals surface area contributed by atoms with Crippen molar-refractivity contribution in [2.45, 2.75) is 51.2 Å². The molecule has 1 aliphatic heterocycles. The van der Waals surface area contributed by atoms with Crippen LogP contribution >= 0.6 is 0 Å². The van der Waals surface area contributed by atoms with Gasteiger partial charge in [0.05, 0.1) is 11.4 Å². The monoisotopic (exact) mass is 381 g/mol. The van der Waals surface area contributed by atoms with Gasteiger partial charge in [0.1, 0.15) is 0 Å². The molecule has 0 radical (unpaired) electrons. The Morgan fingerprint density at radius 1 is 1.31 bits per heavy atom. The lowest BCUT2D eigenvalue weighted by Crippen LogP contribution is -2.46. The minimum absolute atomic E-state index is 0.115. The van der Waals surface area contributed by atoms with Gasteiger partial charge in [-0.25, -0.2) is 18.5 Å². The number of nitrogens with two attached hydrogens (primary N) is 1. The molecule has 7 nitrogen and oxygen atoms in total. The van der Waals surface area contributed by atoms with Gasteiger partial charge in [-0.15, -0.1) is 0 Å². The molecular weight excluding hydrogens is 350 g/mol. The highest BCUT2D eigenvalue weighted by molar-refractivity contribution is 7.89. The lowest BCUT2D eigenvalue weighted by atomic mass is 10.1. The van der Waals surface area contributed by atoms with Crippen LogP contribution in [0.25, 0.3) is 0 Å². The third-order valence-corrected chi connectivity index (χ3v) is 5.64. The first-order valence-corrected chi connectivity index (χ1v) is 10.7. The highest BCUT2D eigenvalue weighted by Gasteiger charge is 2.31. The van der Waals surface area contributed by atoms with Crippen LogP contribution in [0.15, 0.2) is 34.2 Å². The van der Waals surface area contributed by atoms with E-state index in [0.717, 1.165) is 31.2 Å². The van der Waals surface area contributed by atoms with Crippen molar-refractivity contribution in [3.63, 3.8) is 0 Å². The molecule has 0 amide bonds. The van der Waals surface area contributed by atoms with E-state index in [1.54, 1.807) is 12.1 Å². The molecule has 0 spiro atoms. The number of hydrogen-bond donors (Lipinski definition) is 3. The Morgan fingerprint density at radius 2 is 1.96 bits per heavy atom. The van der Waals surface area contributed by atoms with Gasteiger partial charge >= 0.3 is 0 Å². The first-order valence-electron chi connectivity index (χ1n) is 9.11. The van der Waals surface area contributed by atoms with Crippen molar-refractivity contribution >= 4 is 16.0 Å². The van der Waals surface area contributed by atoms with E-state index in [4.69, 9.17) is 5.14 Å². The molecule has 2 rings (SSSR count). The van der Waals surface area contributed by atoms with Crippen molar-refractivity contribution in [2.75, 3.05) is 19.6 Å². The third kappa shape index (κ3) is 5.69. The Bertz CT molecular complexity index is 716. The second-order valence-corrected chi connectivity index (χ2v) is 8.72. The maximum absolute atomic E-state index is 11.3. The molecule has 2 atom stereocenters. The predicted octanol–water partition coefficient (Wildman–Crippen LogP) is 1.12. The zero-order chi connectivity index (χ0) is 19.3. The number of hydrogen-bond acceptors (Lipinski definition) is 4. The Kier molecular flexibility index (Phi) is 7.02. The summed E-state index contributed by atoms with van der Waals surface area (Å²) in [6.07, 6.45) is 0. The summed E-state index contributed by atoms with van der Waals surface area (Å²) < 4.78 is 22.6. The molecule has 2 unspecified atom stereocenters. The molecule has 26 heavy (non-hydrogen) atoms. The van der Waals surface area contributed by atoms with Crippen LogP contribution in [0, 0.1) is 5.92 Å². The van der Waals surface area contributed by atoms with Crippen LogP contribution in [0.1, 0.15) is 33.3 Å². The van der Waals surface area contributed by atoms with Gasteiger partial charge in [0.15, 0.2) is 5.96 Å². The van der Waals surface area contributed by atoms with Gasteiger partial charge in [-0.1, -0.05) is 19.1 Å². The summed E-state index contributed by atoms with van der Waals surface area (Å²) in [5.41, 5.74) is 0.929. The van der Waals surface area contributed by atoms with E-state index in [1.807, 2.05) is 6.92 Å². The van der Waals surface area contributed by atoms with Crippen LogP contribution in [-0.4, -0.2) is 51.0 Å². The molecule has 0 bridgehead atoms. The van der Waals surface area contributed by atoms with Gasteiger partial charge in [0.25, 0.3) is 0 Å². The molecule has 1 fully saturated rings. The van der Waals surface area contributed by atoms with E-state index in [0.29, 0.717) is 24.5 Å². The summed E-state index contributed by atoms with van der Waals surface area (Å²) in [6.45, 7) is 12.1. The van der Waals surface area contributed by atoms with E-state index >= 15 is 0 Å². The molecule has 4 N–H and O–H groups in total. The van der Waals surface area contributed by atoms with Crippen molar-refractivity contribution < 1.29 is 8.42 Å².